The van der Waals surface area contributed by atoms with E-state index in [4.69, 9.17) is 4.42 Å². The van der Waals surface area contributed by atoms with E-state index in [1.807, 2.05) is 13.1 Å². The second kappa shape index (κ2) is 5.32. The lowest BCUT2D eigenvalue weighted by atomic mass is 9.89. The Morgan fingerprint density at radius 2 is 2.18 bits per heavy atom. The van der Waals surface area contributed by atoms with Gasteiger partial charge in [-0.1, -0.05) is 19.9 Å². The number of oxazole rings is 1. The molecule has 3 nitrogen and oxygen atoms in total. The molecule has 2 rings (SSSR count). The molecule has 3 heteroatoms. The van der Waals surface area contributed by atoms with Gasteiger partial charge in [-0.05, 0) is 49.5 Å². The molecule has 1 aromatic carbocycles. The lowest BCUT2D eigenvalue weighted by Gasteiger charge is -2.20. The Hall–Kier alpha value is -1.35. The molecule has 1 N–H and O–H groups in total. The molecule has 0 amide bonds. The molecule has 1 unspecified atom stereocenters. The Morgan fingerprint density at radius 1 is 1.35 bits per heavy atom. The summed E-state index contributed by atoms with van der Waals surface area (Å²) < 4.78 is 5.33. The van der Waals surface area contributed by atoms with E-state index in [1.54, 1.807) is 0 Å². The summed E-state index contributed by atoms with van der Waals surface area (Å²) in [5, 5.41) is 3.27. The fraction of sp³-hybridized carbons (Fsp3) is 0.500. The molecule has 1 aromatic heterocycles. The van der Waals surface area contributed by atoms with Crippen molar-refractivity contribution in [3.8, 4) is 0 Å². The zero-order chi connectivity index (χ0) is 12.3. The van der Waals surface area contributed by atoms with Gasteiger partial charge in [-0.2, -0.15) is 0 Å². The third-order valence-electron chi connectivity index (χ3n) is 3.30. The number of benzene rings is 1. The summed E-state index contributed by atoms with van der Waals surface area (Å²) in [5.41, 5.74) is 3.14. The zero-order valence-corrected chi connectivity index (χ0v) is 10.7. The lowest BCUT2D eigenvalue weighted by molar-refractivity contribution is 0.370. The van der Waals surface area contributed by atoms with Gasteiger partial charge in [0.2, 0.25) is 0 Å². The van der Waals surface area contributed by atoms with E-state index in [9.17, 15) is 0 Å². The molecule has 0 aliphatic carbocycles. The predicted molar refractivity (Wildman–Crippen MR) is 70.0 cm³/mol. The van der Waals surface area contributed by atoms with Gasteiger partial charge in [0.15, 0.2) is 12.0 Å². The molecule has 2 aromatic rings. The number of nitrogens with one attached hydrogen (secondary N) is 1. The first-order chi connectivity index (χ1) is 8.20. The topological polar surface area (TPSA) is 38.1 Å². The maximum atomic E-state index is 5.33. The number of aromatic nitrogens is 1. The van der Waals surface area contributed by atoms with Crippen LogP contribution in [0.4, 0.5) is 0 Å². The van der Waals surface area contributed by atoms with Crippen molar-refractivity contribution in [3.63, 3.8) is 0 Å². The highest BCUT2D eigenvalue weighted by Crippen LogP contribution is 2.20. The SMILES string of the molecule is CNCC(Cc1ccc2ncoc2c1)C(C)C. The van der Waals surface area contributed by atoms with Crippen LogP contribution in [0, 0.1) is 11.8 Å². The van der Waals surface area contributed by atoms with Gasteiger partial charge in [-0.3, -0.25) is 0 Å². The van der Waals surface area contributed by atoms with Crippen molar-refractivity contribution >= 4 is 11.1 Å². The van der Waals surface area contributed by atoms with Crippen LogP contribution < -0.4 is 5.32 Å². The van der Waals surface area contributed by atoms with Crippen LogP contribution in [0.5, 0.6) is 0 Å². The molecule has 0 fully saturated rings. The van der Waals surface area contributed by atoms with E-state index in [-0.39, 0.29) is 0 Å². The first kappa shape index (κ1) is 12.1. The average Bonchev–Trinajstić information content (AvgIpc) is 2.75. The molecule has 17 heavy (non-hydrogen) atoms. The minimum atomic E-state index is 0.653. The minimum absolute atomic E-state index is 0.653. The molecule has 1 atom stereocenters. The quantitative estimate of drug-likeness (QED) is 0.861. The van der Waals surface area contributed by atoms with Crippen LogP contribution in [0.25, 0.3) is 11.1 Å². The van der Waals surface area contributed by atoms with Crippen LogP contribution in [-0.4, -0.2) is 18.6 Å². The molecule has 0 spiro atoms. The Balaban J connectivity index is 2.15. The van der Waals surface area contributed by atoms with Crippen LogP contribution >= 0.6 is 0 Å². The average molecular weight is 232 g/mol. The maximum absolute atomic E-state index is 5.33. The van der Waals surface area contributed by atoms with Crippen molar-refractivity contribution in [1.82, 2.24) is 10.3 Å². The lowest BCUT2D eigenvalue weighted by Crippen LogP contribution is -2.25. The van der Waals surface area contributed by atoms with E-state index in [0.29, 0.717) is 11.8 Å². The van der Waals surface area contributed by atoms with Crippen LogP contribution in [0.2, 0.25) is 0 Å². The molecule has 0 bridgehead atoms. The second-order valence-corrected chi connectivity index (χ2v) is 4.92. The normalized spacial score (nSPS) is 13.4. The van der Waals surface area contributed by atoms with Crippen LogP contribution in [0.1, 0.15) is 19.4 Å². The fourth-order valence-electron chi connectivity index (χ4n) is 2.13. The minimum Gasteiger partial charge on any atom is -0.443 e. The first-order valence-corrected chi connectivity index (χ1v) is 6.17. The smallest absolute Gasteiger partial charge is 0.181 e. The van der Waals surface area contributed by atoms with Crippen LogP contribution in [0.3, 0.4) is 0 Å². The van der Waals surface area contributed by atoms with E-state index < -0.39 is 0 Å². The number of fused-ring (bicyclic) bond motifs is 1. The highest BCUT2D eigenvalue weighted by molar-refractivity contribution is 5.72. The molecular weight excluding hydrogens is 212 g/mol. The number of rotatable bonds is 5. The number of hydrogen-bond acceptors (Lipinski definition) is 3. The third kappa shape index (κ3) is 2.86. The third-order valence-corrected chi connectivity index (χ3v) is 3.30. The first-order valence-electron chi connectivity index (χ1n) is 6.17. The summed E-state index contributed by atoms with van der Waals surface area (Å²) in [5.74, 6) is 1.33. The highest BCUT2D eigenvalue weighted by Gasteiger charge is 2.13. The van der Waals surface area contributed by atoms with E-state index in [1.165, 1.54) is 12.0 Å². The molecule has 0 saturated heterocycles. The summed E-state index contributed by atoms with van der Waals surface area (Å²) in [4.78, 5) is 4.13. The summed E-state index contributed by atoms with van der Waals surface area (Å²) in [6.45, 7) is 5.59. The van der Waals surface area contributed by atoms with Crippen LogP contribution in [0.15, 0.2) is 29.0 Å². The Morgan fingerprint density at radius 3 is 2.88 bits per heavy atom. The molecule has 92 valence electrons. The van der Waals surface area contributed by atoms with Crippen molar-refractivity contribution in [3.05, 3.63) is 30.2 Å². The standard InChI is InChI=1S/C14H20N2O/c1-10(2)12(8-15-3)6-11-4-5-13-14(7-11)17-9-16-13/h4-5,7,9-10,12,15H,6,8H2,1-3H3. The summed E-state index contributed by atoms with van der Waals surface area (Å²) in [6.07, 6.45) is 2.58. The fourth-order valence-corrected chi connectivity index (χ4v) is 2.13. The molecule has 0 aliphatic rings. The maximum Gasteiger partial charge on any atom is 0.181 e. The molecule has 0 aliphatic heterocycles. The van der Waals surface area contributed by atoms with Gasteiger partial charge in [0.1, 0.15) is 5.52 Å². The van der Waals surface area contributed by atoms with Crippen molar-refractivity contribution in [2.45, 2.75) is 20.3 Å². The molecular formula is C14H20N2O. The van der Waals surface area contributed by atoms with Crippen molar-refractivity contribution < 1.29 is 4.42 Å². The van der Waals surface area contributed by atoms with Gasteiger partial charge in [0.25, 0.3) is 0 Å². The van der Waals surface area contributed by atoms with Crippen LogP contribution in [-0.2, 0) is 6.42 Å². The van der Waals surface area contributed by atoms with Crippen molar-refractivity contribution in [1.29, 1.82) is 0 Å². The molecule has 0 radical (unpaired) electrons. The van der Waals surface area contributed by atoms with Crippen molar-refractivity contribution in [2.24, 2.45) is 11.8 Å². The summed E-state index contributed by atoms with van der Waals surface area (Å²) in [7, 11) is 2.01. The second-order valence-electron chi connectivity index (χ2n) is 4.92. The summed E-state index contributed by atoms with van der Waals surface area (Å²) in [6, 6.07) is 6.29. The Bertz CT molecular complexity index is 476. The largest absolute Gasteiger partial charge is 0.443 e. The summed E-state index contributed by atoms with van der Waals surface area (Å²) >= 11 is 0. The van der Waals surface area contributed by atoms with Gasteiger partial charge >= 0.3 is 0 Å². The monoisotopic (exact) mass is 232 g/mol. The van der Waals surface area contributed by atoms with Gasteiger partial charge in [0, 0.05) is 0 Å². The highest BCUT2D eigenvalue weighted by atomic mass is 16.3. The van der Waals surface area contributed by atoms with E-state index in [0.717, 1.165) is 24.1 Å². The van der Waals surface area contributed by atoms with Crippen molar-refractivity contribution in [2.75, 3.05) is 13.6 Å². The zero-order valence-electron chi connectivity index (χ0n) is 10.7. The molecule has 0 saturated carbocycles. The predicted octanol–water partition coefficient (Wildman–Crippen LogP) is 2.86. The number of hydrogen-bond donors (Lipinski definition) is 1. The Labute approximate surface area is 102 Å². The van der Waals surface area contributed by atoms with Gasteiger partial charge < -0.3 is 9.73 Å². The van der Waals surface area contributed by atoms with E-state index in [2.05, 4.69) is 36.3 Å². The molecule has 1 heterocycles. The Kier molecular flexibility index (Phi) is 3.79. The van der Waals surface area contributed by atoms with Gasteiger partial charge in [-0.25, -0.2) is 4.98 Å². The van der Waals surface area contributed by atoms with Gasteiger partial charge in [-0.15, -0.1) is 0 Å². The van der Waals surface area contributed by atoms with Gasteiger partial charge in [0.05, 0.1) is 0 Å². The number of nitrogens with zero attached hydrogens (tertiary/aromatic N) is 1. The van der Waals surface area contributed by atoms with E-state index >= 15 is 0 Å².